The van der Waals surface area contributed by atoms with Crippen LogP contribution in [0.4, 0.5) is 5.69 Å². The Hall–Kier alpha value is -1.97. The number of aromatic amines is 1. The van der Waals surface area contributed by atoms with Gasteiger partial charge >= 0.3 is 0 Å². The lowest BCUT2D eigenvalue weighted by Crippen LogP contribution is -2.46. The van der Waals surface area contributed by atoms with Gasteiger partial charge in [0.15, 0.2) is 0 Å². The highest BCUT2D eigenvalue weighted by Crippen LogP contribution is 2.26. The predicted octanol–water partition coefficient (Wildman–Crippen LogP) is 4.14. The van der Waals surface area contributed by atoms with Gasteiger partial charge < -0.3 is 9.88 Å². The summed E-state index contributed by atoms with van der Waals surface area (Å²) in [5, 5.41) is 2.14. The molecule has 4 heteroatoms. The zero-order valence-corrected chi connectivity index (χ0v) is 13.8. The number of piperazine rings is 1. The summed E-state index contributed by atoms with van der Waals surface area (Å²) in [4.78, 5) is 8.15. The summed E-state index contributed by atoms with van der Waals surface area (Å²) >= 11 is 6.31. The molecule has 118 valence electrons. The average Bonchev–Trinajstić information content (AvgIpc) is 3.04. The van der Waals surface area contributed by atoms with Crippen LogP contribution in [0.5, 0.6) is 0 Å². The van der Waals surface area contributed by atoms with E-state index >= 15 is 0 Å². The van der Waals surface area contributed by atoms with E-state index in [2.05, 4.69) is 51.2 Å². The Labute approximate surface area is 141 Å². The van der Waals surface area contributed by atoms with E-state index in [1.165, 1.54) is 16.5 Å². The maximum Gasteiger partial charge on any atom is 0.0639 e. The van der Waals surface area contributed by atoms with Crippen molar-refractivity contribution in [1.82, 2.24) is 9.88 Å². The molecule has 3 nitrogen and oxygen atoms in total. The second-order valence-corrected chi connectivity index (χ2v) is 6.52. The maximum atomic E-state index is 6.31. The standard InChI is InChI=1S/C19H20ClN3/c20-17-3-1-2-4-19(17)23-11-9-22(10-12-23)14-15-5-6-18-16(13-15)7-8-21-18/h1-8,13,21H,9-12,14H2. The smallest absolute Gasteiger partial charge is 0.0639 e. The number of anilines is 1. The number of hydrogen-bond acceptors (Lipinski definition) is 2. The van der Waals surface area contributed by atoms with Crippen molar-refractivity contribution in [2.75, 3.05) is 31.1 Å². The van der Waals surface area contributed by atoms with Crippen LogP contribution in [0.25, 0.3) is 10.9 Å². The molecule has 2 heterocycles. The van der Waals surface area contributed by atoms with E-state index in [4.69, 9.17) is 11.6 Å². The van der Waals surface area contributed by atoms with E-state index in [0.717, 1.165) is 43.4 Å². The highest BCUT2D eigenvalue weighted by Gasteiger charge is 2.18. The van der Waals surface area contributed by atoms with E-state index in [1.807, 2.05) is 18.3 Å². The number of hydrogen-bond donors (Lipinski definition) is 1. The van der Waals surface area contributed by atoms with Gasteiger partial charge in [-0.1, -0.05) is 29.8 Å². The number of nitrogens with one attached hydrogen (secondary N) is 1. The topological polar surface area (TPSA) is 22.3 Å². The second kappa shape index (κ2) is 6.26. The molecule has 1 N–H and O–H groups in total. The first-order valence-corrected chi connectivity index (χ1v) is 8.45. The molecule has 1 fully saturated rings. The second-order valence-electron chi connectivity index (χ2n) is 6.11. The maximum absolute atomic E-state index is 6.31. The molecule has 1 aliphatic rings. The van der Waals surface area contributed by atoms with Gasteiger partial charge in [0.25, 0.3) is 0 Å². The van der Waals surface area contributed by atoms with Gasteiger partial charge in [-0.05, 0) is 41.3 Å². The largest absolute Gasteiger partial charge is 0.368 e. The quantitative estimate of drug-likeness (QED) is 0.781. The van der Waals surface area contributed by atoms with Crippen LogP contribution in [0.15, 0.2) is 54.7 Å². The number of benzene rings is 2. The fourth-order valence-electron chi connectivity index (χ4n) is 3.31. The molecule has 0 unspecified atom stereocenters. The zero-order chi connectivity index (χ0) is 15.6. The molecule has 1 aliphatic heterocycles. The molecule has 1 aromatic heterocycles. The van der Waals surface area contributed by atoms with Gasteiger partial charge in [0.05, 0.1) is 10.7 Å². The summed E-state index contributed by atoms with van der Waals surface area (Å²) in [6.07, 6.45) is 2.00. The highest BCUT2D eigenvalue weighted by atomic mass is 35.5. The van der Waals surface area contributed by atoms with Crippen LogP contribution in [0, 0.1) is 0 Å². The van der Waals surface area contributed by atoms with Crippen LogP contribution in [0.1, 0.15) is 5.56 Å². The number of halogens is 1. The number of H-pyrrole nitrogens is 1. The van der Waals surface area contributed by atoms with Crippen LogP contribution in [0.2, 0.25) is 5.02 Å². The Morgan fingerprint density at radius 3 is 2.61 bits per heavy atom. The molecule has 4 rings (SSSR count). The third kappa shape index (κ3) is 3.07. The lowest BCUT2D eigenvalue weighted by molar-refractivity contribution is 0.250. The van der Waals surface area contributed by atoms with Gasteiger partial charge in [-0.25, -0.2) is 0 Å². The van der Waals surface area contributed by atoms with Gasteiger partial charge in [0.1, 0.15) is 0 Å². The van der Waals surface area contributed by atoms with Crippen LogP contribution in [-0.4, -0.2) is 36.1 Å². The summed E-state index contributed by atoms with van der Waals surface area (Å²) in [5.41, 5.74) is 3.74. The lowest BCUT2D eigenvalue weighted by atomic mass is 10.1. The van der Waals surface area contributed by atoms with Crippen LogP contribution >= 0.6 is 11.6 Å². The van der Waals surface area contributed by atoms with Crippen molar-refractivity contribution in [2.45, 2.75) is 6.54 Å². The molecule has 0 amide bonds. The lowest BCUT2D eigenvalue weighted by Gasteiger charge is -2.36. The van der Waals surface area contributed by atoms with Crippen molar-refractivity contribution >= 4 is 28.2 Å². The summed E-state index contributed by atoms with van der Waals surface area (Å²) < 4.78 is 0. The molecule has 1 saturated heterocycles. The number of nitrogens with zero attached hydrogens (tertiary/aromatic N) is 2. The molecular formula is C19H20ClN3. The van der Waals surface area contributed by atoms with Gasteiger partial charge in [-0.15, -0.1) is 0 Å². The minimum Gasteiger partial charge on any atom is -0.368 e. The number of aromatic nitrogens is 1. The van der Waals surface area contributed by atoms with Crippen LogP contribution in [0.3, 0.4) is 0 Å². The summed E-state index contributed by atoms with van der Waals surface area (Å²) in [7, 11) is 0. The third-order valence-corrected chi connectivity index (χ3v) is 4.91. The summed E-state index contributed by atoms with van der Waals surface area (Å²) in [6.45, 7) is 5.19. The van der Waals surface area contributed by atoms with Crippen LogP contribution < -0.4 is 4.90 Å². The number of para-hydroxylation sites is 1. The van der Waals surface area contributed by atoms with Crippen molar-refractivity contribution < 1.29 is 0 Å². The molecule has 0 aliphatic carbocycles. The van der Waals surface area contributed by atoms with Gasteiger partial charge in [0.2, 0.25) is 0 Å². The first-order valence-electron chi connectivity index (χ1n) is 8.07. The summed E-state index contributed by atoms with van der Waals surface area (Å²) in [5.74, 6) is 0. The first-order chi connectivity index (χ1) is 11.3. The molecule has 0 atom stereocenters. The third-order valence-electron chi connectivity index (χ3n) is 4.59. The fourth-order valence-corrected chi connectivity index (χ4v) is 3.57. The molecule has 23 heavy (non-hydrogen) atoms. The van der Waals surface area contributed by atoms with Gasteiger partial charge in [-0.2, -0.15) is 0 Å². The summed E-state index contributed by atoms with van der Waals surface area (Å²) in [6, 6.07) is 16.9. The minimum atomic E-state index is 0.846. The van der Waals surface area contributed by atoms with Crippen molar-refractivity contribution in [3.8, 4) is 0 Å². The normalized spacial score (nSPS) is 16.1. The van der Waals surface area contributed by atoms with Crippen molar-refractivity contribution in [1.29, 1.82) is 0 Å². The first kappa shape index (κ1) is 14.6. The number of rotatable bonds is 3. The Bertz CT molecular complexity index is 803. The van der Waals surface area contributed by atoms with Crippen molar-refractivity contribution in [2.24, 2.45) is 0 Å². The predicted molar refractivity (Wildman–Crippen MR) is 97.2 cm³/mol. The minimum absolute atomic E-state index is 0.846. The van der Waals surface area contributed by atoms with Crippen LogP contribution in [-0.2, 0) is 6.54 Å². The van der Waals surface area contributed by atoms with E-state index in [9.17, 15) is 0 Å². The van der Waals surface area contributed by atoms with E-state index in [1.54, 1.807) is 0 Å². The van der Waals surface area contributed by atoms with Gasteiger partial charge in [-0.3, -0.25) is 4.90 Å². The number of fused-ring (bicyclic) bond motifs is 1. The molecule has 2 aromatic carbocycles. The monoisotopic (exact) mass is 325 g/mol. The molecular weight excluding hydrogens is 306 g/mol. The molecule has 0 radical (unpaired) electrons. The fraction of sp³-hybridized carbons (Fsp3) is 0.263. The van der Waals surface area contributed by atoms with E-state index in [-0.39, 0.29) is 0 Å². The molecule has 0 saturated carbocycles. The molecule has 0 spiro atoms. The molecule has 0 bridgehead atoms. The Morgan fingerprint density at radius 2 is 1.78 bits per heavy atom. The SMILES string of the molecule is Clc1ccccc1N1CCN(Cc2ccc3[nH]ccc3c2)CC1. The van der Waals surface area contributed by atoms with E-state index < -0.39 is 0 Å². The molecule has 3 aromatic rings. The highest BCUT2D eigenvalue weighted by molar-refractivity contribution is 6.33. The van der Waals surface area contributed by atoms with E-state index in [0.29, 0.717) is 0 Å². The zero-order valence-electron chi connectivity index (χ0n) is 13.0. The Morgan fingerprint density at radius 1 is 0.957 bits per heavy atom. The van der Waals surface area contributed by atoms with Crippen molar-refractivity contribution in [3.63, 3.8) is 0 Å². The van der Waals surface area contributed by atoms with Crippen molar-refractivity contribution in [3.05, 3.63) is 65.3 Å². The average molecular weight is 326 g/mol. The van der Waals surface area contributed by atoms with Gasteiger partial charge in [0, 0.05) is 44.4 Å². The Balaban J connectivity index is 1.40. The Kier molecular flexibility index (Phi) is 3.98.